The topological polar surface area (TPSA) is 51.8 Å². The molecule has 0 bridgehead atoms. The van der Waals surface area contributed by atoms with Crippen LogP contribution in [0.3, 0.4) is 0 Å². The fourth-order valence-electron chi connectivity index (χ4n) is 8.03. The van der Waals surface area contributed by atoms with E-state index in [1.807, 2.05) is 60.7 Å². The van der Waals surface area contributed by atoms with Crippen LogP contribution in [0.5, 0.6) is 0 Å². The first-order chi connectivity index (χ1) is 25.3. The van der Waals surface area contributed by atoms with Crippen LogP contribution < -0.4 is 0 Å². The number of rotatable bonds is 4. The maximum Gasteiger partial charge on any atom is 0.164 e. The molecule has 0 saturated heterocycles. The van der Waals surface area contributed by atoms with Crippen LogP contribution in [0.15, 0.2) is 168 Å². The molecule has 11 aromatic rings. The average Bonchev–Trinajstić information content (AvgIpc) is 3.61. The SMILES string of the molecule is c1ccc(-c2nc(-c3ccccc3)nc(-c3ccc(-c4cccc5cc6c7ccccc7c7cccc8oc(c45)c6c87)c4ccccc34)n2)cc1. The van der Waals surface area contributed by atoms with Crippen molar-refractivity contribution < 1.29 is 4.42 Å². The van der Waals surface area contributed by atoms with Gasteiger partial charge in [-0.2, -0.15) is 0 Å². The molecule has 9 aromatic carbocycles. The molecule has 0 N–H and O–H groups in total. The monoisotopic (exact) mass is 649 g/mol. The van der Waals surface area contributed by atoms with Crippen molar-refractivity contribution in [3.8, 4) is 45.3 Å². The Morgan fingerprint density at radius 2 is 0.882 bits per heavy atom. The van der Waals surface area contributed by atoms with E-state index in [0.717, 1.165) is 60.5 Å². The molecule has 0 spiro atoms. The standard InChI is InChI=1S/C47H27N3O/c1-3-13-28(14-4-1)45-48-46(29-15-5-2-6-16-29)50-47(49-45)38-26-25-35(31-18-7-9-20-33(31)38)36-22-11-17-30-27-39-34-21-10-8-19-32(34)37-23-12-24-40-42(37)43(39)44(51-40)41(30)36/h1-27H. The van der Waals surface area contributed by atoms with Crippen molar-refractivity contribution in [3.63, 3.8) is 0 Å². The van der Waals surface area contributed by atoms with E-state index in [2.05, 4.69) is 103 Å². The summed E-state index contributed by atoms with van der Waals surface area (Å²) in [6, 6.07) is 57.2. The summed E-state index contributed by atoms with van der Waals surface area (Å²) >= 11 is 0. The molecular weight excluding hydrogens is 623 g/mol. The minimum Gasteiger partial charge on any atom is -0.455 e. The highest BCUT2D eigenvalue weighted by atomic mass is 16.3. The highest BCUT2D eigenvalue weighted by Crippen LogP contribution is 2.48. The molecule has 0 unspecified atom stereocenters. The summed E-state index contributed by atoms with van der Waals surface area (Å²) in [6.45, 7) is 0. The van der Waals surface area contributed by atoms with E-state index in [9.17, 15) is 0 Å². The number of hydrogen-bond donors (Lipinski definition) is 0. The van der Waals surface area contributed by atoms with Gasteiger partial charge in [0.1, 0.15) is 11.2 Å². The summed E-state index contributed by atoms with van der Waals surface area (Å²) in [4.78, 5) is 15.1. The fraction of sp³-hybridized carbons (Fsp3) is 0. The fourth-order valence-corrected chi connectivity index (χ4v) is 8.03. The molecule has 0 atom stereocenters. The second-order valence-electron chi connectivity index (χ2n) is 13.1. The molecular formula is C47H27N3O. The Kier molecular flexibility index (Phi) is 5.92. The van der Waals surface area contributed by atoms with E-state index in [-0.39, 0.29) is 0 Å². The van der Waals surface area contributed by atoms with Crippen molar-refractivity contribution in [1.82, 2.24) is 15.0 Å². The lowest BCUT2D eigenvalue weighted by molar-refractivity contribution is 0.673. The Hall–Kier alpha value is -6.91. The highest BCUT2D eigenvalue weighted by molar-refractivity contribution is 6.37. The number of furan rings is 1. The summed E-state index contributed by atoms with van der Waals surface area (Å²) in [5.41, 5.74) is 6.96. The van der Waals surface area contributed by atoms with Gasteiger partial charge in [-0.3, -0.25) is 0 Å². The molecule has 236 valence electrons. The molecule has 4 heteroatoms. The van der Waals surface area contributed by atoms with Gasteiger partial charge in [-0.25, -0.2) is 15.0 Å². The summed E-state index contributed by atoms with van der Waals surface area (Å²) in [5.74, 6) is 1.93. The molecule has 0 amide bonds. The van der Waals surface area contributed by atoms with Gasteiger partial charge < -0.3 is 4.42 Å². The molecule has 0 aliphatic heterocycles. The second kappa shape index (κ2) is 10.8. The molecule has 0 aliphatic carbocycles. The Morgan fingerprint density at radius 1 is 0.333 bits per heavy atom. The predicted molar refractivity (Wildman–Crippen MR) is 210 cm³/mol. The quantitative estimate of drug-likeness (QED) is 0.141. The van der Waals surface area contributed by atoms with Crippen molar-refractivity contribution in [1.29, 1.82) is 0 Å². The molecule has 0 aliphatic rings. The van der Waals surface area contributed by atoms with Crippen LogP contribution in [0.1, 0.15) is 0 Å². The average molecular weight is 650 g/mol. The van der Waals surface area contributed by atoms with Crippen LogP contribution in [-0.2, 0) is 0 Å². The summed E-state index contributed by atoms with van der Waals surface area (Å²) in [5, 5.41) is 11.8. The molecule has 0 fully saturated rings. The van der Waals surface area contributed by atoms with Crippen LogP contribution in [0.4, 0.5) is 0 Å². The Morgan fingerprint density at radius 3 is 1.59 bits per heavy atom. The minimum absolute atomic E-state index is 0.640. The van der Waals surface area contributed by atoms with Crippen LogP contribution >= 0.6 is 0 Å². The molecule has 51 heavy (non-hydrogen) atoms. The van der Waals surface area contributed by atoms with Crippen molar-refractivity contribution in [3.05, 3.63) is 164 Å². The number of nitrogens with zero attached hydrogens (tertiary/aromatic N) is 3. The Bertz CT molecular complexity index is 3070. The van der Waals surface area contributed by atoms with Gasteiger partial charge >= 0.3 is 0 Å². The second-order valence-corrected chi connectivity index (χ2v) is 13.1. The maximum atomic E-state index is 6.85. The van der Waals surface area contributed by atoms with Gasteiger partial charge in [-0.15, -0.1) is 0 Å². The van der Waals surface area contributed by atoms with E-state index in [1.54, 1.807) is 0 Å². The van der Waals surface area contributed by atoms with Crippen molar-refractivity contribution >= 4 is 65.0 Å². The molecule has 0 radical (unpaired) electrons. The normalized spacial score (nSPS) is 11.9. The lowest BCUT2D eigenvalue weighted by Crippen LogP contribution is -2.00. The first kappa shape index (κ1) is 28.0. The van der Waals surface area contributed by atoms with Crippen molar-refractivity contribution in [2.75, 3.05) is 0 Å². The number of benzene rings is 9. The first-order valence-corrected chi connectivity index (χ1v) is 17.2. The first-order valence-electron chi connectivity index (χ1n) is 17.2. The van der Waals surface area contributed by atoms with Gasteiger partial charge in [0.25, 0.3) is 0 Å². The maximum absolute atomic E-state index is 6.85. The van der Waals surface area contributed by atoms with E-state index in [0.29, 0.717) is 17.5 Å². The zero-order chi connectivity index (χ0) is 33.5. The molecule has 4 nitrogen and oxygen atoms in total. The zero-order valence-corrected chi connectivity index (χ0v) is 27.3. The number of fused-ring (bicyclic) bond motifs is 6. The van der Waals surface area contributed by atoms with Gasteiger partial charge in [0.2, 0.25) is 0 Å². The van der Waals surface area contributed by atoms with Crippen LogP contribution in [-0.4, -0.2) is 15.0 Å². The van der Waals surface area contributed by atoms with Crippen LogP contribution in [0.25, 0.3) is 110 Å². The smallest absolute Gasteiger partial charge is 0.164 e. The lowest BCUT2D eigenvalue weighted by Gasteiger charge is -2.15. The highest BCUT2D eigenvalue weighted by Gasteiger charge is 2.22. The third-order valence-corrected chi connectivity index (χ3v) is 10.3. The van der Waals surface area contributed by atoms with Crippen LogP contribution in [0.2, 0.25) is 0 Å². The Balaban J connectivity index is 1.18. The van der Waals surface area contributed by atoms with E-state index >= 15 is 0 Å². The lowest BCUT2D eigenvalue weighted by atomic mass is 9.88. The molecule has 0 saturated carbocycles. The molecule has 2 aromatic heterocycles. The van der Waals surface area contributed by atoms with Crippen molar-refractivity contribution in [2.24, 2.45) is 0 Å². The van der Waals surface area contributed by atoms with Crippen LogP contribution in [0, 0.1) is 0 Å². The van der Waals surface area contributed by atoms with Gasteiger partial charge in [-0.1, -0.05) is 146 Å². The van der Waals surface area contributed by atoms with Gasteiger partial charge in [-0.05, 0) is 67.0 Å². The molecule has 11 rings (SSSR count). The summed E-state index contributed by atoms with van der Waals surface area (Å²) < 4.78 is 6.85. The van der Waals surface area contributed by atoms with Crippen molar-refractivity contribution in [2.45, 2.75) is 0 Å². The van der Waals surface area contributed by atoms with Gasteiger partial charge in [0, 0.05) is 32.8 Å². The largest absolute Gasteiger partial charge is 0.455 e. The van der Waals surface area contributed by atoms with E-state index < -0.39 is 0 Å². The van der Waals surface area contributed by atoms with E-state index in [4.69, 9.17) is 19.4 Å². The third-order valence-electron chi connectivity index (χ3n) is 10.3. The summed E-state index contributed by atoms with van der Waals surface area (Å²) in [6.07, 6.45) is 0. The number of aromatic nitrogens is 3. The minimum atomic E-state index is 0.640. The summed E-state index contributed by atoms with van der Waals surface area (Å²) in [7, 11) is 0. The van der Waals surface area contributed by atoms with Gasteiger partial charge in [0.15, 0.2) is 17.5 Å². The zero-order valence-electron chi connectivity index (χ0n) is 27.3. The van der Waals surface area contributed by atoms with E-state index in [1.165, 1.54) is 32.3 Å². The molecule has 2 heterocycles. The number of hydrogen-bond acceptors (Lipinski definition) is 4. The predicted octanol–water partition coefficient (Wildman–Crippen LogP) is 12.5. The Labute approximate surface area is 292 Å². The third kappa shape index (κ3) is 4.17. The van der Waals surface area contributed by atoms with Gasteiger partial charge in [0.05, 0.1) is 0 Å².